The van der Waals surface area contributed by atoms with Crippen LogP contribution in [0.3, 0.4) is 0 Å². The van der Waals surface area contributed by atoms with Crippen LogP contribution in [-0.4, -0.2) is 27.4 Å². The second-order valence-corrected chi connectivity index (χ2v) is 3.91. The molecule has 1 unspecified atom stereocenters. The van der Waals surface area contributed by atoms with Crippen LogP contribution in [0.5, 0.6) is 0 Å². The van der Waals surface area contributed by atoms with E-state index in [1.807, 2.05) is 6.26 Å². The fourth-order valence-electron chi connectivity index (χ4n) is 1.32. The molecule has 1 aromatic heterocycles. The highest BCUT2D eigenvalue weighted by molar-refractivity contribution is 7.98. The first-order valence-corrected chi connectivity index (χ1v) is 5.69. The number of hydrogen-bond acceptors (Lipinski definition) is 5. The van der Waals surface area contributed by atoms with E-state index >= 15 is 0 Å². The topological polar surface area (TPSA) is 83.6 Å². The summed E-state index contributed by atoms with van der Waals surface area (Å²) in [4.78, 5) is 14.7. The van der Waals surface area contributed by atoms with Gasteiger partial charge in [0.15, 0.2) is 11.7 Å². The Kier molecular flexibility index (Phi) is 2.84. The lowest BCUT2D eigenvalue weighted by Crippen LogP contribution is -2.09. The zero-order valence-electron chi connectivity index (χ0n) is 8.38. The Morgan fingerprint density at radius 3 is 2.94 bits per heavy atom. The van der Waals surface area contributed by atoms with E-state index < -0.39 is 12.1 Å². The molecule has 6 heteroatoms. The van der Waals surface area contributed by atoms with Crippen molar-refractivity contribution in [1.82, 2.24) is 4.98 Å². The summed E-state index contributed by atoms with van der Waals surface area (Å²) in [5.74, 6) is -1.29. The molecule has 1 heterocycles. The number of hydrogen-bond donors (Lipinski definition) is 2. The molecule has 0 amide bonds. The van der Waals surface area contributed by atoms with Crippen molar-refractivity contribution in [2.75, 3.05) is 6.26 Å². The second-order valence-electron chi connectivity index (χ2n) is 3.15. The monoisotopic (exact) mass is 239 g/mol. The summed E-state index contributed by atoms with van der Waals surface area (Å²) in [6.45, 7) is 0. The zero-order valence-corrected chi connectivity index (χ0v) is 9.19. The van der Waals surface area contributed by atoms with Crippen molar-refractivity contribution in [3.63, 3.8) is 0 Å². The Morgan fingerprint density at radius 1 is 1.56 bits per heavy atom. The van der Waals surface area contributed by atoms with Gasteiger partial charge in [0.05, 0.1) is 0 Å². The van der Waals surface area contributed by atoms with Gasteiger partial charge in [-0.2, -0.15) is 0 Å². The minimum absolute atomic E-state index is 0.281. The standard InChI is InChI=1S/C10H9NO4S/c1-16-10-11-6-3-2-5(4-7(6)15-10)8(12)9(13)14/h2-4,8,12H,1H3,(H,13,14). The van der Waals surface area contributed by atoms with E-state index in [0.717, 1.165) is 0 Å². The number of aromatic nitrogens is 1. The molecular formula is C10H9NO4S. The summed E-state index contributed by atoms with van der Waals surface area (Å²) in [6.07, 6.45) is 0.296. The average molecular weight is 239 g/mol. The Morgan fingerprint density at radius 2 is 2.31 bits per heavy atom. The molecule has 0 radical (unpaired) electrons. The number of rotatable bonds is 3. The molecular weight excluding hydrogens is 230 g/mol. The summed E-state index contributed by atoms with van der Waals surface area (Å²) in [5.41, 5.74) is 1.40. The molecule has 0 saturated carbocycles. The lowest BCUT2D eigenvalue weighted by atomic mass is 10.1. The van der Waals surface area contributed by atoms with Gasteiger partial charge in [0.25, 0.3) is 5.22 Å². The molecule has 2 N–H and O–H groups in total. The number of carbonyl (C=O) groups is 1. The quantitative estimate of drug-likeness (QED) is 0.792. The third kappa shape index (κ3) is 1.89. The first-order valence-electron chi connectivity index (χ1n) is 4.47. The zero-order chi connectivity index (χ0) is 11.7. The number of nitrogens with zero attached hydrogens (tertiary/aromatic N) is 1. The minimum atomic E-state index is -1.53. The summed E-state index contributed by atoms with van der Waals surface area (Å²) >= 11 is 1.36. The van der Waals surface area contributed by atoms with Gasteiger partial charge in [-0.25, -0.2) is 9.78 Å². The van der Waals surface area contributed by atoms with Gasteiger partial charge in [0, 0.05) is 0 Å². The first kappa shape index (κ1) is 11.0. The van der Waals surface area contributed by atoms with E-state index in [0.29, 0.717) is 16.3 Å². The van der Waals surface area contributed by atoms with Crippen molar-refractivity contribution >= 4 is 28.8 Å². The largest absolute Gasteiger partial charge is 0.479 e. The molecule has 0 aliphatic heterocycles. The molecule has 2 aromatic rings. The third-order valence-corrected chi connectivity index (χ3v) is 2.64. The molecule has 0 saturated heterocycles. The predicted molar refractivity (Wildman–Crippen MR) is 58.4 cm³/mol. The van der Waals surface area contributed by atoms with Gasteiger partial charge in [-0.15, -0.1) is 0 Å². The number of fused-ring (bicyclic) bond motifs is 1. The number of carboxylic acid groups (broad SMARTS) is 1. The van der Waals surface area contributed by atoms with Crippen LogP contribution in [0, 0.1) is 0 Å². The van der Waals surface area contributed by atoms with Crippen LogP contribution in [-0.2, 0) is 4.79 Å². The van der Waals surface area contributed by atoms with Crippen molar-refractivity contribution in [2.24, 2.45) is 0 Å². The van der Waals surface area contributed by atoms with Crippen LogP contribution >= 0.6 is 11.8 Å². The Labute approximate surface area is 95.1 Å². The fourth-order valence-corrected chi connectivity index (χ4v) is 1.68. The number of benzene rings is 1. The highest BCUT2D eigenvalue weighted by atomic mass is 32.2. The number of thioether (sulfide) groups is 1. The van der Waals surface area contributed by atoms with Crippen molar-refractivity contribution in [3.8, 4) is 0 Å². The molecule has 84 valence electrons. The smallest absolute Gasteiger partial charge is 0.337 e. The average Bonchev–Trinajstić information content (AvgIpc) is 2.69. The maximum atomic E-state index is 10.6. The molecule has 5 nitrogen and oxygen atoms in total. The van der Waals surface area contributed by atoms with Crippen LogP contribution in [0.15, 0.2) is 27.8 Å². The molecule has 16 heavy (non-hydrogen) atoms. The number of oxazole rings is 1. The van der Waals surface area contributed by atoms with Crippen LogP contribution in [0.25, 0.3) is 11.1 Å². The summed E-state index contributed by atoms with van der Waals surface area (Å²) in [6, 6.07) is 4.63. The Bertz CT molecular complexity index is 537. The number of aliphatic carboxylic acids is 1. The molecule has 0 aliphatic rings. The highest BCUT2D eigenvalue weighted by Crippen LogP contribution is 2.24. The lowest BCUT2D eigenvalue weighted by molar-refractivity contribution is -0.146. The van der Waals surface area contributed by atoms with Crippen LogP contribution in [0.2, 0.25) is 0 Å². The van der Waals surface area contributed by atoms with Crippen LogP contribution < -0.4 is 0 Å². The van der Waals surface area contributed by atoms with Crippen LogP contribution in [0.4, 0.5) is 0 Å². The molecule has 2 rings (SSSR count). The van der Waals surface area contributed by atoms with E-state index in [1.54, 1.807) is 6.07 Å². The minimum Gasteiger partial charge on any atom is -0.479 e. The van der Waals surface area contributed by atoms with E-state index in [4.69, 9.17) is 9.52 Å². The summed E-state index contributed by atoms with van der Waals surface area (Å²) < 4.78 is 5.34. The first-order chi connectivity index (χ1) is 7.61. The molecule has 1 aromatic carbocycles. The summed E-state index contributed by atoms with van der Waals surface area (Å²) in [5, 5.41) is 18.5. The van der Waals surface area contributed by atoms with E-state index in [9.17, 15) is 9.90 Å². The number of carboxylic acids is 1. The van der Waals surface area contributed by atoms with E-state index in [-0.39, 0.29) is 5.56 Å². The van der Waals surface area contributed by atoms with Crippen LogP contribution in [0.1, 0.15) is 11.7 Å². The lowest BCUT2D eigenvalue weighted by Gasteiger charge is -2.03. The van der Waals surface area contributed by atoms with Crippen molar-refractivity contribution in [3.05, 3.63) is 23.8 Å². The molecule has 1 atom stereocenters. The SMILES string of the molecule is CSc1nc2ccc(C(O)C(=O)O)cc2o1. The Balaban J connectivity index is 2.46. The molecule has 0 bridgehead atoms. The van der Waals surface area contributed by atoms with Gasteiger partial charge in [-0.3, -0.25) is 0 Å². The number of aliphatic hydroxyl groups is 1. The number of aliphatic hydroxyl groups excluding tert-OH is 1. The van der Waals surface area contributed by atoms with Gasteiger partial charge in [-0.05, 0) is 24.0 Å². The second kappa shape index (κ2) is 4.15. The third-order valence-electron chi connectivity index (χ3n) is 2.12. The highest BCUT2D eigenvalue weighted by Gasteiger charge is 2.17. The van der Waals surface area contributed by atoms with Crippen molar-refractivity contribution < 1.29 is 19.4 Å². The summed E-state index contributed by atoms with van der Waals surface area (Å²) in [7, 11) is 0. The van der Waals surface area contributed by atoms with Crippen molar-refractivity contribution in [1.29, 1.82) is 0 Å². The van der Waals surface area contributed by atoms with Gasteiger partial charge in [0.1, 0.15) is 5.52 Å². The molecule has 0 fully saturated rings. The van der Waals surface area contributed by atoms with Gasteiger partial charge in [0.2, 0.25) is 0 Å². The molecule has 0 aliphatic carbocycles. The van der Waals surface area contributed by atoms with Gasteiger partial charge < -0.3 is 14.6 Å². The molecule has 0 spiro atoms. The van der Waals surface area contributed by atoms with Gasteiger partial charge >= 0.3 is 5.97 Å². The Hall–Kier alpha value is -1.53. The fraction of sp³-hybridized carbons (Fsp3) is 0.200. The predicted octanol–water partition coefficient (Wildman–Crippen LogP) is 1.67. The van der Waals surface area contributed by atoms with E-state index in [2.05, 4.69) is 4.98 Å². The maximum absolute atomic E-state index is 10.6. The maximum Gasteiger partial charge on any atom is 0.337 e. The van der Waals surface area contributed by atoms with Crippen molar-refractivity contribution in [2.45, 2.75) is 11.3 Å². The normalized spacial score (nSPS) is 12.9. The van der Waals surface area contributed by atoms with E-state index in [1.165, 1.54) is 23.9 Å². The van der Waals surface area contributed by atoms with Gasteiger partial charge in [-0.1, -0.05) is 17.8 Å².